The van der Waals surface area contributed by atoms with Gasteiger partial charge in [-0.15, -0.1) is 0 Å². The van der Waals surface area contributed by atoms with E-state index in [2.05, 4.69) is 55.9 Å². The Labute approximate surface area is 109 Å². The molecule has 2 heteroatoms. The van der Waals surface area contributed by atoms with E-state index < -0.39 is 0 Å². The van der Waals surface area contributed by atoms with E-state index in [1.165, 1.54) is 22.4 Å². The number of hydrogen-bond donors (Lipinski definition) is 0. The predicted octanol–water partition coefficient (Wildman–Crippen LogP) is 3.62. The molecular weight excluding hydrogens is 220 g/mol. The quantitative estimate of drug-likeness (QED) is 0.676. The average molecular weight is 240 g/mol. The largest absolute Gasteiger partial charge is 0.367 e. The molecule has 3 rings (SSSR count). The van der Waals surface area contributed by atoms with Crippen LogP contribution in [0, 0.1) is 0 Å². The fourth-order valence-corrected chi connectivity index (χ4v) is 2.83. The molecule has 2 heterocycles. The van der Waals surface area contributed by atoms with E-state index in [-0.39, 0.29) is 5.41 Å². The van der Waals surface area contributed by atoms with E-state index in [9.17, 15) is 0 Å². The van der Waals surface area contributed by atoms with Gasteiger partial charge in [0.05, 0.1) is 6.04 Å². The highest BCUT2D eigenvalue weighted by molar-refractivity contribution is 5.91. The molecule has 0 bridgehead atoms. The maximum Gasteiger partial charge on any atom is 0.0610 e. The Morgan fingerprint density at radius 3 is 2.78 bits per heavy atom. The van der Waals surface area contributed by atoms with Gasteiger partial charge in [0.15, 0.2) is 0 Å². The van der Waals surface area contributed by atoms with Crippen molar-refractivity contribution in [3.05, 3.63) is 35.5 Å². The van der Waals surface area contributed by atoms with Crippen molar-refractivity contribution in [3.63, 3.8) is 0 Å². The second kappa shape index (κ2) is 3.71. The molecule has 0 N–H and O–H groups in total. The molecular formula is C16H20N2. The molecule has 0 amide bonds. The molecule has 2 aliphatic heterocycles. The van der Waals surface area contributed by atoms with Gasteiger partial charge in [-0.2, -0.15) is 0 Å². The molecule has 0 aliphatic carbocycles. The summed E-state index contributed by atoms with van der Waals surface area (Å²) < 4.78 is 0. The van der Waals surface area contributed by atoms with Crippen molar-refractivity contribution < 1.29 is 0 Å². The lowest BCUT2D eigenvalue weighted by molar-refractivity contribution is 0.590. The highest BCUT2D eigenvalue weighted by Crippen LogP contribution is 2.43. The van der Waals surface area contributed by atoms with Crippen molar-refractivity contribution in [2.75, 3.05) is 11.9 Å². The zero-order valence-corrected chi connectivity index (χ0v) is 11.6. The van der Waals surface area contributed by atoms with Crippen LogP contribution in [0.5, 0.6) is 0 Å². The number of likely N-dealkylation sites (N-methyl/N-ethyl adjacent to an activating group) is 1. The van der Waals surface area contributed by atoms with Crippen molar-refractivity contribution in [2.24, 2.45) is 4.99 Å². The number of aliphatic imine (C=N–C) groups is 1. The van der Waals surface area contributed by atoms with Gasteiger partial charge in [-0.05, 0) is 23.1 Å². The van der Waals surface area contributed by atoms with Crippen molar-refractivity contribution in [3.8, 4) is 0 Å². The Morgan fingerprint density at radius 2 is 2.06 bits per heavy atom. The first-order valence-corrected chi connectivity index (χ1v) is 6.58. The van der Waals surface area contributed by atoms with E-state index in [1.54, 1.807) is 0 Å². The normalized spacial score (nSPS) is 21.7. The van der Waals surface area contributed by atoms with Crippen LogP contribution >= 0.6 is 0 Å². The monoisotopic (exact) mass is 240 g/mol. The lowest BCUT2D eigenvalue weighted by Gasteiger charge is -2.23. The smallest absolute Gasteiger partial charge is 0.0610 e. The van der Waals surface area contributed by atoms with Crippen LogP contribution < -0.4 is 4.90 Å². The molecule has 0 radical (unpaired) electrons. The van der Waals surface area contributed by atoms with Crippen LogP contribution in [0.2, 0.25) is 0 Å². The third-order valence-electron chi connectivity index (χ3n) is 4.03. The molecule has 0 aromatic heterocycles. The highest BCUT2D eigenvalue weighted by Gasteiger charge is 2.32. The van der Waals surface area contributed by atoms with E-state index in [4.69, 9.17) is 0 Å². The van der Waals surface area contributed by atoms with Gasteiger partial charge in [-0.3, -0.25) is 4.99 Å². The number of hydrogen-bond acceptors (Lipinski definition) is 2. The molecule has 2 nitrogen and oxygen atoms in total. The first-order valence-electron chi connectivity index (χ1n) is 6.58. The third-order valence-corrected chi connectivity index (χ3v) is 4.03. The lowest BCUT2D eigenvalue weighted by atomic mass is 9.85. The Bertz CT molecular complexity index is 547. The molecule has 1 aromatic carbocycles. The Balaban J connectivity index is 2.15. The Kier molecular flexibility index (Phi) is 2.37. The summed E-state index contributed by atoms with van der Waals surface area (Å²) in [4.78, 5) is 6.71. The molecule has 0 saturated carbocycles. The maximum absolute atomic E-state index is 4.33. The van der Waals surface area contributed by atoms with Gasteiger partial charge in [-0.1, -0.05) is 26.8 Å². The zero-order valence-electron chi connectivity index (χ0n) is 11.6. The first-order chi connectivity index (χ1) is 8.48. The topological polar surface area (TPSA) is 15.6 Å². The molecule has 0 fully saturated rings. The van der Waals surface area contributed by atoms with Crippen LogP contribution in [0.4, 0.5) is 5.69 Å². The second-order valence-electron chi connectivity index (χ2n) is 6.26. The van der Waals surface area contributed by atoms with Crippen molar-refractivity contribution in [1.82, 2.24) is 0 Å². The van der Waals surface area contributed by atoms with Gasteiger partial charge in [0, 0.05) is 42.7 Å². The minimum absolute atomic E-state index is 0.199. The van der Waals surface area contributed by atoms with Gasteiger partial charge in [0.25, 0.3) is 0 Å². The third kappa shape index (κ3) is 1.59. The van der Waals surface area contributed by atoms with Crippen molar-refractivity contribution >= 4 is 17.5 Å². The van der Waals surface area contributed by atoms with Crippen molar-refractivity contribution in [1.29, 1.82) is 0 Å². The van der Waals surface area contributed by atoms with Gasteiger partial charge in [0.1, 0.15) is 0 Å². The highest BCUT2D eigenvalue weighted by atomic mass is 15.2. The van der Waals surface area contributed by atoms with E-state index in [0.29, 0.717) is 6.04 Å². The lowest BCUT2D eigenvalue weighted by Crippen LogP contribution is -2.28. The first kappa shape index (κ1) is 11.5. The molecule has 94 valence electrons. The number of nitrogens with zero attached hydrogens (tertiary/aromatic N) is 2. The summed E-state index contributed by atoms with van der Waals surface area (Å²) in [6.07, 6.45) is 5.06. The summed E-state index contributed by atoms with van der Waals surface area (Å²) in [5.74, 6) is 0. The molecule has 2 aliphatic rings. The van der Waals surface area contributed by atoms with Crippen LogP contribution in [0.15, 0.2) is 29.4 Å². The summed E-state index contributed by atoms with van der Waals surface area (Å²) in [6.45, 7) is 6.79. The summed E-state index contributed by atoms with van der Waals surface area (Å²) in [5, 5.41) is 0. The van der Waals surface area contributed by atoms with E-state index in [0.717, 1.165) is 6.42 Å². The standard InChI is InChI=1S/C16H20N2/c1-16(2,3)11-5-6-14-12(9-11)13-10-17-8-7-15(13)18(14)4/h5-6,8-10,15H,7H2,1-4H3. The number of rotatable bonds is 0. The summed E-state index contributed by atoms with van der Waals surface area (Å²) in [5.41, 5.74) is 5.67. The average Bonchev–Trinajstić information content (AvgIpc) is 2.63. The SMILES string of the molecule is CN1c2ccc(C(C)(C)C)cc2C2=CN=CCC21. The maximum atomic E-state index is 4.33. The van der Waals surface area contributed by atoms with E-state index >= 15 is 0 Å². The summed E-state index contributed by atoms with van der Waals surface area (Å²) in [7, 11) is 2.18. The fourth-order valence-electron chi connectivity index (χ4n) is 2.83. The molecule has 18 heavy (non-hydrogen) atoms. The minimum atomic E-state index is 0.199. The van der Waals surface area contributed by atoms with E-state index in [1.807, 2.05) is 12.4 Å². The van der Waals surface area contributed by atoms with Gasteiger partial charge >= 0.3 is 0 Å². The Morgan fingerprint density at radius 1 is 1.28 bits per heavy atom. The van der Waals surface area contributed by atoms with Crippen LogP contribution in [0.3, 0.4) is 0 Å². The van der Waals surface area contributed by atoms with Gasteiger partial charge < -0.3 is 4.90 Å². The molecule has 1 unspecified atom stereocenters. The molecule has 1 atom stereocenters. The molecule has 1 aromatic rings. The molecule has 0 spiro atoms. The second-order valence-corrected chi connectivity index (χ2v) is 6.26. The predicted molar refractivity (Wildman–Crippen MR) is 78.4 cm³/mol. The zero-order chi connectivity index (χ0) is 12.9. The fraction of sp³-hybridized carbons (Fsp3) is 0.438. The van der Waals surface area contributed by atoms with Crippen molar-refractivity contribution in [2.45, 2.75) is 38.6 Å². The van der Waals surface area contributed by atoms with Crippen LogP contribution in [0.25, 0.3) is 5.57 Å². The number of anilines is 1. The molecule has 0 saturated heterocycles. The van der Waals surface area contributed by atoms with Gasteiger partial charge in [0.2, 0.25) is 0 Å². The van der Waals surface area contributed by atoms with Crippen LogP contribution in [0.1, 0.15) is 38.3 Å². The number of fused-ring (bicyclic) bond motifs is 3. The minimum Gasteiger partial charge on any atom is -0.367 e. The van der Waals surface area contributed by atoms with Crippen LogP contribution in [-0.2, 0) is 5.41 Å². The van der Waals surface area contributed by atoms with Crippen LogP contribution in [-0.4, -0.2) is 19.3 Å². The summed E-state index contributed by atoms with van der Waals surface area (Å²) >= 11 is 0. The van der Waals surface area contributed by atoms with Gasteiger partial charge in [-0.25, -0.2) is 0 Å². The Hall–Kier alpha value is -1.57. The summed E-state index contributed by atoms with van der Waals surface area (Å²) in [6, 6.07) is 7.34. The number of benzene rings is 1.